The van der Waals surface area contributed by atoms with E-state index in [-0.39, 0.29) is 6.61 Å². The number of aromatic nitrogens is 2. The molecule has 2 heterocycles. The quantitative estimate of drug-likeness (QED) is 0.221. The minimum Gasteiger partial charge on any atom is -0.480 e. The Kier molecular flexibility index (Phi) is 13.6. The lowest BCUT2D eigenvalue weighted by molar-refractivity contribution is -0.138. The Hall–Kier alpha value is -2.37. The number of anilines is 2. The van der Waals surface area contributed by atoms with E-state index < -0.39 is 25.0 Å². The number of halogens is 3. The first kappa shape index (κ1) is 29.9. The summed E-state index contributed by atoms with van der Waals surface area (Å²) in [6.07, 6.45) is 2.91. The monoisotopic (exact) mass is 571 g/mol. The van der Waals surface area contributed by atoms with E-state index in [2.05, 4.69) is 60.5 Å². The summed E-state index contributed by atoms with van der Waals surface area (Å²) in [6.45, 7) is 3.28. The Bertz CT molecular complexity index is 921. The molecule has 36 heavy (non-hydrogen) atoms. The van der Waals surface area contributed by atoms with Crippen LogP contribution in [-0.2, 0) is 22.4 Å². The Balaban J connectivity index is 1.89. The topological polar surface area (TPSA) is 99.6 Å². The molecule has 0 aliphatic carbocycles. The van der Waals surface area contributed by atoms with Crippen molar-refractivity contribution in [2.45, 2.75) is 51.5 Å². The van der Waals surface area contributed by atoms with Gasteiger partial charge in [-0.3, -0.25) is 0 Å². The van der Waals surface area contributed by atoms with Gasteiger partial charge in [0.2, 0.25) is 0 Å². The van der Waals surface area contributed by atoms with Crippen LogP contribution in [0.5, 0.6) is 0 Å². The van der Waals surface area contributed by atoms with Gasteiger partial charge in [0.25, 0.3) is 6.43 Å². The predicted octanol–water partition coefficient (Wildman–Crippen LogP) is 4.71. The maximum atomic E-state index is 12.4. The van der Waals surface area contributed by atoms with Crippen molar-refractivity contribution in [1.82, 2.24) is 14.9 Å². The van der Waals surface area contributed by atoms with Crippen LogP contribution in [0.4, 0.5) is 20.4 Å². The molecule has 0 amide bonds. The molecule has 0 bridgehead atoms. The summed E-state index contributed by atoms with van der Waals surface area (Å²) in [5.41, 5.74) is 2.19. The average molecular weight is 572 g/mol. The molecule has 0 radical (unpaired) electrons. The minimum atomic E-state index is -2.51. The maximum absolute atomic E-state index is 12.4. The van der Waals surface area contributed by atoms with Gasteiger partial charge < -0.3 is 25.4 Å². The molecule has 0 saturated carbocycles. The second-order valence-corrected chi connectivity index (χ2v) is 9.28. The second kappa shape index (κ2) is 16.4. The molecule has 0 spiro atoms. The molecule has 2 rings (SSSR count). The van der Waals surface area contributed by atoms with Crippen molar-refractivity contribution in [3.05, 3.63) is 46.2 Å². The fourth-order valence-electron chi connectivity index (χ4n) is 3.72. The van der Waals surface area contributed by atoms with Gasteiger partial charge in [-0.1, -0.05) is 13.0 Å². The number of carboxylic acid groups (broad SMARTS) is 1. The van der Waals surface area contributed by atoms with Crippen molar-refractivity contribution >= 4 is 33.5 Å². The van der Waals surface area contributed by atoms with Gasteiger partial charge in [0.15, 0.2) is 0 Å². The molecule has 2 aromatic rings. The number of hydrogen-bond acceptors (Lipinski definition) is 7. The van der Waals surface area contributed by atoms with Crippen molar-refractivity contribution < 1.29 is 23.4 Å². The second-order valence-electron chi connectivity index (χ2n) is 8.36. The first-order valence-electron chi connectivity index (χ1n) is 12.2. The van der Waals surface area contributed by atoms with Crippen molar-refractivity contribution in [2.24, 2.45) is 0 Å². The van der Waals surface area contributed by atoms with Gasteiger partial charge in [0.1, 0.15) is 24.3 Å². The van der Waals surface area contributed by atoms with Crippen molar-refractivity contribution in [1.29, 1.82) is 0 Å². The highest BCUT2D eigenvalue weighted by Crippen LogP contribution is 2.16. The summed E-state index contributed by atoms with van der Waals surface area (Å²) >= 11 is 3.31. The van der Waals surface area contributed by atoms with Crippen LogP contribution in [-0.4, -0.2) is 78.3 Å². The number of nitrogens with one attached hydrogen (secondary N) is 2. The summed E-state index contributed by atoms with van der Waals surface area (Å²) in [5.74, 6) is 0.399. The van der Waals surface area contributed by atoms with Crippen LogP contribution < -0.4 is 10.6 Å². The van der Waals surface area contributed by atoms with Crippen LogP contribution in [0, 0.1) is 0 Å². The first-order valence-corrected chi connectivity index (χ1v) is 13.0. The fourth-order valence-corrected chi connectivity index (χ4v) is 3.96. The van der Waals surface area contributed by atoms with Gasteiger partial charge in [0, 0.05) is 36.5 Å². The van der Waals surface area contributed by atoms with Crippen LogP contribution in [0.1, 0.15) is 37.4 Å². The van der Waals surface area contributed by atoms with E-state index in [1.165, 1.54) is 5.56 Å². The molecule has 11 heteroatoms. The molecule has 0 aromatic carbocycles. The fraction of sp³-hybridized carbons (Fsp3) is 0.560. The molecule has 2 aromatic heterocycles. The van der Waals surface area contributed by atoms with Gasteiger partial charge >= 0.3 is 5.97 Å². The molecular formula is C25H36BrF2N5O3. The molecular weight excluding hydrogens is 536 g/mol. The molecule has 3 N–H and O–H groups in total. The predicted molar refractivity (Wildman–Crippen MR) is 141 cm³/mol. The Morgan fingerprint density at radius 3 is 2.64 bits per heavy atom. The third kappa shape index (κ3) is 11.1. The molecule has 200 valence electrons. The van der Waals surface area contributed by atoms with Crippen molar-refractivity contribution in [2.75, 3.05) is 50.5 Å². The van der Waals surface area contributed by atoms with E-state index in [1.54, 1.807) is 18.3 Å². The lowest BCUT2D eigenvalue weighted by atomic mass is 10.1. The zero-order valence-electron chi connectivity index (χ0n) is 20.9. The summed E-state index contributed by atoms with van der Waals surface area (Å²) in [6, 6.07) is 6.81. The molecule has 1 atom stereocenters. The van der Waals surface area contributed by atoms with Crippen LogP contribution in [0.15, 0.2) is 34.9 Å². The van der Waals surface area contributed by atoms with E-state index >= 15 is 0 Å². The maximum Gasteiger partial charge on any atom is 0.326 e. The lowest BCUT2D eigenvalue weighted by Crippen LogP contribution is -2.37. The zero-order valence-corrected chi connectivity index (χ0v) is 22.4. The number of pyridine rings is 2. The normalized spacial score (nSPS) is 12.2. The Labute approximate surface area is 220 Å². The number of unbranched alkanes of at least 4 members (excludes halogenated alkanes) is 1. The number of alkyl halides is 2. The van der Waals surface area contributed by atoms with Crippen LogP contribution in [0.2, 0.25) is 0 Å². The van der Waals surface area contributed by atoms with E-state index in [0.29, 0.717) is 31.9 Å². The highest BCUT2D eigenvalue weighted by molar-refractivity contribution is 9.10. The number of carboxylic acids is 1. The van der Waals surface area contributed by atoms with Crippen LogP contribution >= 0.6 is 15.9 Å². The summed E-state index contributed by atoms with van der Waals surface area (Å²) in [5, 5.41) is 15.7. The van der Waals surface area contributed by atoms with Crippen LogP contribution in [0.25, 0.3) is 0 Å². The van der Waals surface area contributed by atoms with Gasteiger partial charge in [-0.2, -0.15) is 0 Å². The molecule has 0 aliphatic rings. The van der Waals surface area contributed by atoms with E-state index in [4.69, 9.17) is 4.74 Å². The molecule has 0 aliphatic heterocycles. The van der Waals surface area contributed by atoms with E-state index in [1.807, 2.05) is 7.05 Å². The third-order valence-electron chi connectivity index (χ3n) is 5.69. The largest absolute Gasteiger partial charge is 0.480 e. The number of aryl methyl sites for hydroxylation is 2. The summed E-state index contributed by atoms with van der Waals surface area (Å²) in [4.78, 5) is 22.7. The molecule has 0 saturated heterocycles. The number of nitrogens with zero attached hydrogens (tertiary/aromatic N) is 3. The van der Waals surface area contributed by atoms with E-state index in [0.717, 1.165) is 41.7 Å². The number of rotatable bonds is 18. The van der Waals surface area contributed by atoms with Gasteiger partial charge in [-0.05, 0) is 78.3 Å². The molecule has 1 unspecified atom stereocenters. The smallest absolute Gasteiger partial charge is 0.326 e. The van der Waals surface area contributed by atoms with Crippen molar-refractivity contribution in [3.8, 4) is 0 Å². The highest BCUT2D eigenvalue weighted by Gasteiger charge is 2.19. The minimum absolute atomic E-state index is 0.162. The number of hydrogen-bond donors (Lipinski definition) is 3. The molecule has 8 nitrogen and oxygen atoms in total. The van der Waals surface area contributed by atoms with Gasteiger partial charge in [-0.15, -0.1) is 0 Å². The highest BCUT2D eigenvalue weighted by atomic mass is 79.9. The SMILES string of the molecule is CCc1ccc(CCCCN(CCOCC(F)F)CCC(Nc2ccc(Br)cn2)C(=O)O)nc1NC. The number of carbonyl (C=O) groups is 1. The van der Waals surface area contributed by atoms with Crippen LogP contribution in [0.3, 0.4) is 0 Å². The third-order valence-corrected chi connectivity index (χ3v) is 6.16. The number of ether oxygens (including phenoxy) is 1. The summed E-state index contributed by atoms with van der Waals surface area (Å²) < 4.78 is 30.7. The van der Waals surface area contributed by atoms with Gasteiger partial charge in [0.05, 0.1) is 6.61 Å². The number of aliphatic carboxylic acids is 1. The summed E-state index contributed by atoms with van der Waals surface area (Å²) in [7, 11) is 1.87. The van der Waals surface area contributed by atoms with Crippen molar-refractivity contribution in [3.63, 3.8) is 0 Å². The molecule has 0 fully saturated rings. The zero-order chi connectivity index (χ0) is 26.3. The standard InChI is InChI=1S/C25H36BrF2N5O3/c1-3-18-7-9-20(31-24(18)29-2)6-4-5-12-33(14-15-36-17-22(27)28)13-11-21(25(34)35)32-23-10-8-19(26)16-30-23/h7-10,16,21-22H,3-6,11-15,17H2,1-2H3,(H,29,31)(H,30,32)(H,34,35). The lowest BCUT2D eigenvalue weighted by Gasteiger charge is -2.24. The Morgan fingerprint density at radius 1 is 1.19 bits per heavy atom. The van der Waals surface area contributed by atoms with E-state index in [9.17, 15) is 18.7 Å². The average Bonchev–Trinajstić information content (AvgIpc) is 2.86. The first-order chi connectivity index (χ1) is 17.3. The Morgan fingerprint density at radius 2 is 2.00 bits per heavy atom. The van der Waals surface area contributed by atoms with Gasteiger partial charge in [-0.25, -0.2) is 23.5 Å².